The fourth-order valence-corrected chi connectivity index (χ4v) is 5.47. The van der Waals surface area contributed by atoms with Gasteiger partial charge in [0.1, 0.15) is 6.04 Å². The topological polar surface area (TPSA) is 154 Å². The molecule has 0 spiro atoms. The molecule has 2 aromatic heterocycles. The highest BCUT2D eigenvalue weighted by Crippen LogP contribution is 2.33. The number of H-pyrrole nitrogens is 1. The van der Waals surface area contributed by atoms with E-state index in [9.17, 15) is 18.0 Å². The van der Waals surface area contributed by atoms with E-state index >= 15 is 0 Å². The van der Waals surface area contributed by atoms with E-state index in [1.54, 1.807) is 18.5 Å². The summed E-state index contributed by atoms with van der Waals surface area (Å²) in [6.07, 6.45) is 4.14. The van der Waals surface area contributed by atoms with Crippen LogP contribution >= 0.6 is 11.6 Å². The average Bonchev–Trinajstić information content (AvgIpc) is 3.21. The molecule has 41 heavy (non-hydrogen) atoms. The predicted octanol–water partition coefficient (Wildman–Crippen LogP) is 2.93. The maximum atomic E-state index is 13.6. The van der Waals surface area contributed by atoms with Crippen molar-refractivity contribution in [1.82, 2.24) is 19.8 Å². The second-order valence-corrected chi connectivity index (χ2v) is 13.1. The summed E-state index contributed by atoms with van der Waals surface area (Å²) < 4.78 is 37.6. The van der Waals surface area contributed by atoms with E-state index in [1.165, 1.54) is 0 Å². The fraction of sp³-hybridized carbons (Fsp3) is 0.519. The SMILES string of the molecule is CS(=O)(=O)O.C[C@@H]1CN(C(=O)CN2CC(C)(C)OCC2C(=O)Nc2cc(Cl)cc3c2[nH]c2cnccc23)C[C@H](C)O1. The van der Waals surface area contributed by atoms with Gasteiger partial charge in [0.25, 0.3) is 10.1 Å². The van der Waals surface area contributed by atoms with Crippen LogP contribution in [0.2, 0.25) is 5.02 Å². The summed E-state index contributed by atoms with van der Waals surface area (Å²) in [7, 11) is -3.67. The van der Waals surface area contributed by atoms with Gasteiger partial charge in [-0.2, -0.15) is 8.42 Å². The number of aromatic nitrogens is 2. The van der Waals surface area contributed by atoms with Gasteiger partial charge in [0.2, 0.25) is 11.8 Å². The quantitative estimate of drug-likeness (QED) is 0.379. The third-order valence-corrected chi connectivity index (χ3v) is 7.02. The van der Waals surface area contributed by atoms with Crippen molar-refractivity contribution in [2.45, 2.75) is 51.5 Å². The summed E-state index contributed by atoms with van der Waals surface area (Å²) in [6, 6.07) is 4.88. The Balaban J connectivity index is 0.000000714. The molecule has 12 nitrogen and oxygen atoms in total. The van der Waals surface area contributed by atoms with E-state index in [0.717, 1.165) is 21.8 Å². The molecule has 0 radical (unpaired) electrons. The summed E-state index contributed by atoms with van der Waals surface area (Å²) in [5, 5.41) is 5.43. The number of fused-ring (bicyclic) bond motifs is 3. The molecule has 0 bridgehead atoms. The molecule has 4 heterocycles. The van der Waals surface area contributed by atoms with Gasteiger partial charge >= 0.3 is 0 Å². The highest BCUT2D eigenvalue weighted by molar-refractivity contribution is 7.85. The molecule has 0 aliphatic carbocycles. The Kier molecular flexibility index (Phi) is 9.26. The standard InChI is InChI=1S/C26H32ClN5O4.CH4O3S/c1-15-10-31(11-16(2)36-15)23(33)12-32-14-26(3,4)35-13-22(32)25(34)30-20-8-17(27)7-19-18-5-6-28-9-21(18)29-24(19)20;1-5(2,3)4/h5-9,15-16,22,29H,10-14H2,1-4H3,(H,30,34);1H3,(H,2,3,4)/t15-,16+,22?;. The number of carbonyl (C=O) groups excluding carboxylic acids is 2. The minimum absolute atomic E-state index is 0.0132. The van der Waals surface area contributed by atoms with Gasteiger partial charge in [0.05, 0.1) is 60.1 Å². The van der Waals surface area contributed by atoms with Gasteiger partial charge < -0.3 is 24.7 Å². The van der Waals surface area contributed by atoms with Crippen LogP contribution in [0, 0.1) is 0 Å². The number of hydrogen-bond donors (Lipinski definition) is 3. The summed E-state index contributed by atoms with van der Waals surface area (Å²) in [4.78, 5) is 38.1. The molecule has 2 aliphatic rings. The van der Waals surface area contributed by atoms with Gasteiger partial charge in [-0.3, -0.25) is 24.0 Å². The maximum Gasteiger partial charge on any atom is 0.261 e. The van der Waals surface area contributed by atoms with Crippen LogP contribution in [0.25, 0.3) is 21.8 Å². The number of benzene rings is 1. The summed E-state index contributed by atoms with van der Waals surface area (Å²) >= 11 is 6.42. The fourth-order valence-electron chi connectivity index (χ4n) is 5.25. The Bertz CT molecular complexity index is 1530. The minimum Gasteiger partial charge on any atom is -0.372 e. The third kappa shape index (κ3) is 8.15. The van der Waals surface area contributed by atoms with Crippen molar-refractivity contribution in [3.63, 3.8) is 0 Å². The monoisotopic (exact) mass is 609 g/mol. The number of halogens is 1. The Labute approximate surface area is 244 Å². The number of morpholine rings is 2. The molecule has 2 fully saturated rings. The number of rotatable bonds is 4. The molecular formula is C27H36ClN5O7S. The number of hydrogen-bond acceptors (Lipinski definition) is 8. The van der Waals surface area contributed by atoms with Crippen LogP contribution in [0.4, 0.5) is 5.69 Å². The molecule has 2 saturated heterocycles. The first kappa shape index (κ1) is 31.1. The van der Waals surface area contributed by atoms with Crippen LogP contribution in [0.1, 0.15) is 27.7 Å². The van der Waals surface area contributed by atoms with Gasteiger partial charge in [-0.15, -0.1) is 0 Å². The van der Waals surface area contributed by atoms with Crippen molar-refractivity contribution in [3.8, 4) is 0 Å². The van der Waals surface area contributed by atoms with E-state index in [4.69, 9.17) is 25.6 Å². The van der Waals surface area contributed by atoms with E-state index in [-0.39, 0.29) is 37.2 Å². The van der Waals surface area contributed by atoms with Gasteiger partial charge in [0, 0.05) is 41.6 Å². The summed E-state index contributed by atoms with van der Waals surface area (Å²) in [5.74, 6) is -0.261. The average molecular weight is 610 g/mol. The number of carbonyl (C=O) groups is 2. The van der Waals surface area contributed by atoms with Crippen molar-refractivity contribution < 1.29 is 32.0 Å². The Hall–Kier alpha value is -2.81. The zero-order chi connectivity index (χ0) is 30.1. The maximum absolute atomic E-state index is 13.6. The van der Waals surface area contributed by atoms with E-state index in [1.807, 2.05) is 49.6 Å². The highest BCUT2D eigenvalue weighted by atomic mass is 35.5. The molecule has 1 unspecified atom stereocenters. The van der Waals surface area contributed by atoms with Gasteiger partial charge in [-0.05, 0) is 45.9 Å². The van der Waals surface area contributed by atoms with Crippen LogP contribution in [0.3, 0.4) is 0 Å². The molecule has 3 N–H and O–H groups in total. The van der Waals surface area contributed by atoms with Crippen LogP contribution in [-0.2, 0) is 29.2 Å². The molecular weight excluding hydrogens is 574 g/mol. The molecule has 3 aromatic rings. The first-order valence-electron chi connectivity index (χ1n) is 13.2. The molecule has 3 atom stereocenters. The number of pyridine rings is 1. The van der Waals surface area contributed by atoms with Crippen molar-refractivity contribution in [2.24, 2.45) is 0 Å². The molecule has 1 aromatic carbocycles. The normalized spacial score (nSPS) is 23.2. The number of nitrogens with one attached hydrogen (secondary N) is 2. The number of anilines is 1. The lowest BCUT2D eigenvalue weighted by atomic mass is 10.0. The number of amides is 2. The largest absolute Gasteiger partial charge is 0.372 e. The Morgan fingerprint density at radius 2 is 1.88 bits per heavy atom. The number of ether oxygens (including phenoxy) is 2. The third-order valence-electron chi connectivity index (χ3n) is 6.80. The van der Waals surface area contributed by atoms with Crippen LogP contribution in [0.5, 0.6) is 0 Å². The first-order valence-corrected chi connectivity index (χ1v) is 15.4. The zero-order valence-corrected chi connectivity index (χ0v) is 25.3. The zero-order valence-electron chi connectivity index (χ0n) is 23.7. The second-order valence-electron chi connectivity index (χ2n) is 11.2. The Morgan fingerprint density at radius 3 is 2.54 bits per heavy atom. The van der Waals surface area contributed by atoms with E-state index < -0.39 is 21.8 Å². The lowest BCUT2D eigenvalue weighted by Gasteiger charge is -2.43. The van der Waals surface area contributed by atoms with Crippen molar-refractivity contribution in [1.29, 1.82) is 0 Å². The smallest absolute Gasteiger partial charge is 0.261 e. The van der Waals surface area contributed by atoms with E-state index in [0.29, 0.717) is 36.6 Å². The van der Waals surface area contributed by atoms with Crippen LogP contribution in [-0.4, -0.2) is 107 Å². The lowest BCUT2D eigenvalue weighted by Crippen LogP contribution is -2.61. The molecule has 224 valence electrons. The molecule has 5 rings (SSSR count). The number of aromatic amines is 1. The molecule has 0 saturated carbocycles. The van der Waals surface area contributed by atoms with Crippen molar-refractivity contribution in [3.05, 3.63) is 35.6 Å². The highest BCUT2D eigenvalue weighted by Gasteiger charge is 2.39. The minimum atomic E-state index is -3.67. The van der Waals surface area contributed by atoms with E-state index in [2.05, 4.69) is 15.3 Å². The van der Waals surface area contributed by atoms with Crippen LogP contribution in [0.15, 0.2) is 30.6 Å². The van der Waals surface area contributed by atoms with Crippen LogP contribution < -0.4 is 5.32 Å². The Morgan fingerprint density at radius 1 is 1.22 bits per heavy atom. The van der Waals surface area contributed by atoms with Gasteiger partial charge in [-0.25, -0.2) is 0 Å². The van der Waals surface area contributed by atoms with Gasteiger partial charge in [0.15, 0.2) is 0 Å². The van der Waals surface area contributed by atoms with Crippen molar-refractivity contribution >= 4 is 61.0 Å². The molecule has 14 heteroatoms. The van der Waals surface area contributed by atoms with Crippen molar-refractivity contribution in [2.75, 3.05) is 44.4 Å². The first-order chi connectivity index (χ1) is 19.1. The summed E-state index contributed by atoms with van der Waals surface area (Å²) in [6.45, 7) is 9.73. The number of nitrogens with zero attached hydrogens (tertiary/aromatic N) is 3. The summed E-state index contributed by atoms with van der Waals surface area (Å²) in [5.41, 5.74) is 1.72. The second kappa shape index (κ2) is 12.2. The lowest BCUT2D eigenvalue weighted by molar-refractivity contribution is -0.156. The molecule has 2 amide bonds. The van der Waals surface area contributed by atoms with Gasteiger partial charge in [-0.1, -0.05) is 11.6 Å². The molecule has 2 aliphatic heterocycles. The predicted molar refractivity (Wildman–Crippen MR) is 157 cm³/mol.